The molecular formula is C18H20ClN3O3S. The van der Waals surface area contributed by atoms with Gasteiger partial charge in [0.2, 0.25) is 10.0 Å². The lowest BCUT2D eigenvalue weighted by molar-refractivity contribution is 0.102. The van der Waals surface area contributed by atoms with E-state index in [0.29, 0.717) is 35.1 Å². The van der Waals surface area contributed by atoms with Crippen LogP contribution in [0.5, 0.6) is 0 Å². The van der Waals surface area contributed by atoms with Crippen LogP contribution in [0.15, 0.2) is 41.4 Å². The third-order valence-corrected chi connectivity index (χ3v) is 6.49. The van der Waals surface area contributed by atoms with E-state index in [1.165, 1.54) is 16.6 Å². The molecule has 0 bridgehead atoms. The smallest absolute Gasteiger partial charge is 0.257 e. The Kier molecular flexibility index (Phi) is 5.60. The van der Waals surface area contributed by atoms with Gasteiger partial charge in [-0.25, -0.2) is 13.4 Å². The predicted octanol–water partition coefficient (Wildman–Crippen LogP) is 3.47. The number of halogens is 1. The zero-order chi connectivity index (χ0) is 18.7. The molecule has 0 spiro atoms. The molecule has 1 aromatic heterocycles. The number of aryl methyl sites for hydroxylation is 1. The topological polar surface area (TPSA) is 79.4 Å². The number of piperidine rings is 1. The van der Waals surface area contributed by atoms with Gasteiger partial charge in [-0.1, -0.05) is 24.1 Å². The van der Waals surface area contributed by atoms with E-state index in [0.717, 1.165) is 19.3 Å². The maximum atomic E-state index is 12.8. The van der Waals surface area contributed by atoms with Crippen LogP contribution in [0.25, 0.3) is 0 Å². The van der Waals surface area contributed by atoms with E-state index in [9.17, 15) is 13.2 Å². The predicted molar refractivity (Wildman–Crippen MR) is 101 cm³/mol. The highest BCUT2D eigenvalue weighted by Gasteiger charge is 2.27. The minimum absolute atomic E-state index is 0.138. The first-order valence-electron chi connectivity index (χ1n) is 8.41. The van der Waals surface area contributed by atoms with Crippen LogP contribution in [-0.4, -0.2) is 36.7 Å². The second kappa shape index (κ2) is 7.73. The molecule has 1 N–H and O–H groups in total. The molecule has 26 heavy (non-hydrogen) atoms. The number of rotatable bonds is 4. The van der Waals surface area contributed by atoms with E-state index in [2.05, 4.69) is 10.3 Å². The molecule has 1 aliphatic rings. The summed E-state index contributed by atoms with van der Waals surface area (Å²) in [6.45, 7) is 2.81. The molecule has 0 unspecified atom stereocenters. The highest BCUT2D eigenvalue weighted by molar-refractivity contribution is 7.89. The molecule has 1 amide bonds. The SMILES string of the molecule is Cc1ccc(S(=O)(=O)N2CCCCC2)cc1C(=O)Nc1ccc(Cl)cn1. The molecule has 0 radical (unpaired) electrons. The molecule has 1 saturated heterocycles. The monoisotopic (exact) mass is 393 g/mol. The van der Waals surface area contributed by atoms with Gasteiger partial charge in [0.15, 0.2) is 0 Å². The van der Waals surface area contributed by atoms with Crippen molar-refractivity contribution in [1.82, 2.24) is 9.29 Å². The van der Waals surface area contributed by atoms with Crippen molar-refractivity contribution in [2.45, 2.75) is 31.1 Å². The van der Waals surface area contributed by atoms with E-state index in [-0.39, 0.29) is 4.90 Å². The number of aromatic nitrogens is 1. The molecule has 0 atom stereocenters. The summed E-state index contributed by atoms with van der Waals surface area (Å²) in [6.07, 6.45) is 4.20. The molecule has 8 heteroatoms. The molecule has 1 fully saturated rings. The zero-order valence-electron chi connectivity index (χ0n) is 14.4. The number of sulfonamides is 1. The first-order chi connectivity index (χ1) is 12.4. The van der Waals surface area contributed by atoms with Crippen molar-refractivity contribution in [2.75, 3.05) is 18.4 Å². The van der Waals surface area contributed by atoms with Crippen molar-refractivity contribution < 1.29 is 13.2 Å². The van der Waals surface area contributed by atoms with E-state index in [4.69, 9.17) is 11.6 Å². The number of anilines is 1. The molecule has 0 saturated carbocycles. The summed E-state index contributed by atoms with van der Waals surface area (Å²) in [5, 5.41) is 3.13. The first-order valence-corrected chi connectivity index (χ1v) is 10.2. The van der Waals surface area contributed by atoms with Crippen LogP contribution >= 0.6 is 11.6 Å². The van der Waals surface area contributed by atoms with Gasteiger partial charge in [0.1, 0.15) is 5.82 Å². The zero-order valence-corrected chi connectivity index (χ0v) is 16.0. The van der Waals surface area contributed by atoms with Crippen LogP contribution in [-0.2, 0) is 10.0 Å². The number of nitrogens with zero attached hydrogens (tertiary/aromatic N) is 2. The maximum Gasteiger partial charge on any atom is 0.257 e. The minimum atomic E-state index is -3.59. The molecule has 6 nitrogen and oxygen atoms in total. The quantitative estimate of drug-likeness (QED) is 0.862. The lowest BCUT2D eigenvalue weighted by Crippen LogP contribution is -2.35. The van der Waals surface area contributed by atoms with Crippen LogP contribution in [0.3, 0.4) is 0 Å². The number of hydrogen-bond donors (Lipinski definition) is 1. The first kappa shape index (κ1) is 18.8. The Labute approximate surface area is 158 Å². The Morgan fingerprint density at radius 1 is 1.15 bits per heavy atom. The summed E-state index contributed by atoms with van der Waals surface area (Å²) < 4.78 is 27.2. The lowest BCUT2D eigenvalue weighted by atomic mass is 10.1. The fraction of sp³-hybridized carbons (Fsp3) is 0.333. The second-order valence-corrected chi connectivity index (χ2v) is 8.63. The van der Waals surface area contributed by atoms with Gasteiger partial charge >= 0.3 is 0 Å². The van der Waals surface area contributed by atoms with Crippen LogP contribution in [0.1, 0.15) is 35.2 Å². The van der Waals surface area contributed by atoms with Crippen molar-refractivity contribution in [3.63, 3.8) is 0 Å². The number of nitrogens with one attached hydrogen (secondary N) is 1. The van der Waals surface area contributed by atoms with Crippen molar-refractivity contribution in [3.05, 3.63) is 52.7 Å². The minimum Gasteiger partial charge on any atom is -0.307 e. The van der Waals surface area contributed by atoms with E-state index < -0.39 is 15.9 Å². The largest absolute Gasteiger partial charge is 0.307 e. The van der Waals surface area contributed by atoms with Crippen LogP contribution in [0, 0.1) is 6.92 Å². The Morgan fingerprint density at radius 2 is 1.88 bits per heavy atom. The van der Waals surface area contributed by atoms with Gasteiger partial charge in [-0.3, -0.25) is 4.79 Å². The fourth-order valence-electron chi connectivity index (χ4n) is 2.89. The normalized spacial score (nSPS) is 15.6. The Morgan fingerprint density at radius 3 is 2.54 bits per heavy atom. The standard InChI is InChI=1S/C18H20ClN3O3S/c1-13-5-7-15(26(24,25)22-9-3-2-4-10-22)11-16(13)18(23)21-17-8-6-14(19)12-20-17/h5-8,11-12H,2-4,9-10H2,1H3,(H,20,21,23). The summed E-state index contributed by atoms with van der Waals surface area (Å²) in [5.74, 6) is -0.0592. The lowest BCUT2D eigenvalue weighted by Gasteiger charge is -2.26. The fourth-order valence-corrected chi connectivity index (χ4v) is 4.55. The Hall–Kier alpha value is -1.96. The van der Waals surface area contributed by atoms with Gasteiger partial charge in [-0.2, -0.15) is 4.31 Å². The summed E-state index contributed by atoms with van der Waals surface area (Å²) in [7, 11) is -3.59. The van der Waals surface area contributed by atoms with Crippen molar-refractivity contribution in [2.24, 2.45) is 0 Å². The molecule has 2 heterocycles. The van der Waals surface area contributed by atoms with E-state index in [1.807, 2.05) is 0 Å². The molecule has 0 aliphatic carbocycles. The van der Waals surface area contributed by atoms with Crippen LogP contribution in [0.2, 0.25) is 5.02 Å². The molecule has 2 aromatic rings. The number of hydrogen-bond acceptors (Lipinski definition) is 4. The van der Waals surface area contributed by atoms with Gasteiger partial charge in [0.25, 0.3) is 5.91 Å². The third kappa shape index (κ3) is 4.06. The van der Waals surface area contributed by atoms with Gasteiger partial charge in [-0.05, 0) is 49.6 Å². The second-order valence-electron chi connectivity index (χ2n) is 6.26. The molecule has 3 rings (SSSR count). The summed E-state index contributed by atoms with van der Waals surface area (Å²) >= 11 is 5.79. The highest BCUT2D eigenvalue weighted by atomic mass is 35.5. The van der Waals surface area contributed by atoms with Gasteiger partial charge in [-0.15, -0.1) is 0 Å². The highest BCUT2D eigenvalue weighted by Crippen LogP contribution is 2.23. The van der Waals surface area contributed by atoms with Crippen LogP contribution < -0.4 is 5.32 Å². The van der Waals surface area contributed by atoms with E-state index >= 15 is 0 Å². The average molecular weight is 394 g/mol. The number of benzene rings is 1. The molecule has 138 valence electrons. The van der Waals surface area contributed by atoms with Gasteiger partial charge < -0.3 is 5.32 Å². The Bertz CT molecular complexity index is 908. The van der Waals surface area contributed by atoms with Crippen molar-refractivity contribution in [3.8, 4) is 0 Å². The summed E-state index contributed by atoms with van der Waals surface area (Å²) in [5.41, 5.74) is 0.994. The van der Waals surface area contributed by atoms with E-state index in [1.54, 1.807) is 31.2 Å². The number of amides is 1. The summed E-state index contributed by atoms with van der Waals surface area (Å²) in [4.78, 5) is 16.7. The maximum absolute atomic E-state index is 12.8. The third-order valence-electron chi connectivity index (χ3n) is 4.38. The number of pyridine rings is 1. The van der Waals surface area contributed by atoms with Gasteiger partial charge in [0.05, 0.1) is 9.92 Å². The molecule has 1 aliphatic heterocycles. The van der Waals surface area contributed by atoms with Gasteiger partial charge in [0, 0.05) is 24.8 Å². The Balaban J connectivity index is 1.87. The van der Waals surface area contributed by atoms with Crippen LogP contribution in [0.4, 0.5) is 5.82 Å². The number of carbonyl (C=O) groups excluding carboxylic acids is 1. The summed E-state index contributed by atoms with van der Waals surface area (Å²) in [6, 6.07) is 7.85. The number of carbonyl (C=O) groups is 1. The van der Waals surface area contributed by atoms with Crippen molar-refractivity contribution in [1.29, 1.82) is 0 Å². The van der Waals surface area contributed by atoms with Crippen molar-refractivity contribution >= 4 is 33.3 Å². The molecular weight excluding hydrogens is 374 g/mol. The average Bonchev–Trinajstić information content (AvgIpc) is 2.64. The molecule has 1 aromatic carbocycles.